The Bertz CT molecular complexity index is 728. The summed E-state index contributed by atoms with van der Waals surface area (Å²) in [4.78, 5) is 14.9. The number of likely N-dealkylation sites (tertiary alicyclic amines) is 1. The number of carbonyl (C=O) groups is 1. The van der Waals surface area contributed by atoms with Crippen molar-refractivity contribution >= 4 is 17.5 Å². The average molecular weight is 347 g/mol. The number of aryl methyl sites for hydroxylation is 1. The van der Waals surface area contributed by atoms with Gasteiger partial charge < -0.3 is 5.32 Å². The predicted molar refractivity (Wildman–Crippen MR) is 96.3 cm³/mol. The lowest BCUT2D eigenvalue weighted by molar-refractivity contribution is 0.0932. The number of benzene rings is 1. The van der Waals surface area contributed by atoms with Gasteiger partial charge >= 0.3 is 0 Å². The van der Waals surface area contributed by atoms with Crippen molar-refractivity contribution in [3.05, 3.63) is 41.0 Å². The number of carbonyl (C=O) groups excluding carboxylic acids is 1. The van der Waals surface area contributed by atoms with Crippen LogP contribution in [0.5, 0.6) is 0 Å². The molecule has 0 aliphatic carbocycles. The molecule has 1 aromatic carbocycles. The van der Waals surface area contributed by atoms with Crippen molar-refractivity contribution in [3.8, 4) is 11.3 Å². The lowest BCUT2D eigenvalue weighted by atomic mass is 10.1. The quantitative estimate of drug-likeness (QED) is 0.905. The van der Waals surface area contributed by atoms with Gasteiger partial charge in [0.05, 0.1) is 5.69 Å². The van der Waals surface area contributed by atoms with Gasteiger partial charge in [-0.2, -0.15) is 5.10 Å². The van der Waals surface area contributed by atoms with Crippen molar-refractivity contribution in [2.75, 3.05) is 19.6 Å². The lowest BCUT2D eigenvalue weighted by Gasteiger charge is -2.22. The molecular formula is C18H23ClN4O. The second-order valence-electron chi connectivity index (χ2n) is 6.18. The van der Waals surface area contributed by atoms with Gasteiger partial charge in [-0.05, 0) is 44.1 Å². The molecule has 1 saturated heterocycles. The molecule has 1 N–H and O–H groups in total. The third-order valence-electron chi connectivity index (χ3n) is 4.64. The Morgan fingerprint density at radius 3 is 3.00 bits per heavy atom. The van der Waals surface area contributed by atoms with E-state index in [1.54, 1.807) is 11.7 Å². The van der Waals surface area contributed by atoms with Crippen molar-refractivity contribution in [1.29, 1.82) is 0 Å². The zero-order valence-electron chi connectivity index (χ0n) is 14.1. The summed E-state index contributed by atoms with van der Waals surface area (Å²) >= 11 is 6.04. The summed E-state index contributed by atoms with van der Waals surface area (Å²) in [5.74, 6) is -0.0822. The number of hydrogen-bond acceptors (Lipinski definition) is 3. The second-order valence-corrected chi connectivity index (χ2v) is 6.62. The van der Waals surface area contributed by atoms with E-state index in [2.05, 4.69) is 22.2 Å². The fraction of sp³-hybridized carbons (Fsp3) is 0.444. The molecule has 0 radical (unpaired) electrons. The smallest absolute Gasteiger partial charge is 0.269 e. The molecule has 2 heterocycles. The van der Waals surface area contributed by atoms with Crippen LogP contribution in [0.2, 0.25) is 5.02 Å². The van der Waals surface area contributed by atoms with E-state index in [0.717, 1.165) is 30.8 Å². The van der Waals surface area contributed by atoms with Crippen LogP contribution in [0.3, 0.4) is 0 Å². The first-order valence-electron chi connectivity index (χ1n) is 8.40. The van der Waals surface area contributed by atoms with E-state index in [9.17, 15) is 4.79 Å². The first-order chi connectivity index (χ1) is 11.6. The molecular weight excluding hydrogens is 324 g/mol. The SMILES string of the molecule is CCN1CCC[C@H]1CNC(=O)c1cc(-c2cccc(Cl)c2)nn1C. The maximum Gasteiger partial charge on any atom is 0.269 e. The van der Waals surface area contributed by atoms with Gasteiger partial charge in [0, 0.05) is 30.2 Å². The number of likely N-dealkylation sites (N-methyl/N-ethyl adjacent to an activating group) is 1. The maximum absolute atomic E-state index is 12.5. The van der Waals surface area contributed by atoms with Gasteiger partial charge in [0.15, 0.2) is 0 Å². The largest absolute Gasteiger partial charge is 0.349 e. The molecule has 6 heteroatoms. The highest BCUT2D eigenvalue weighted by Crippen LogP contribution is 2.22. The standard InChI is InChI=1S/C18H23ClN4O/c1-3-23-9-5-8-15(23)12-20-18(24)17-11-16(21-22(17)2)13-6-4-7-14(19)10-13/h4,6-7,10-11,15H,3,5,8-9,12H2,1-2H3,(H,20,24)/t15-/m0/s1. The summed E-state index contributed by atoms with van der Waals surface area (Å²) < 4.78 is 1.62. The number of nitrogens with one attached hydrogen (secondary N) is 1. The van der Waals surface area contributed by atoms with Crippen LogP contribution in [-0.4, -0.2) is 46.3 Å². The Balaban J connectivity index is 1.69. The van der Waals surface area contributed by atoms with Gasteiger partial charge in [0.1, 0.15) is 5.69 Å². The summed E-state index contributed by atoms with van der Waals surface area (Å²) in [6.07, 6.45) is 2.35. The van der Waals surface area contributed by atoms with Gasteiger partial charge in [0.25, 0.3) is 5.91 Å². The molecule has 1 amide bonds. The molecule has 1 fully saturated rings. The number of halogens is 1. The Labute approximate surface area is 147 Å². The summed E-state index contributed by atoms with van der Waals surface area (Å²) in [5.41, 5.74) is 2.22. The maximum atomic E-state index is 12.5. The molecule has 0 spiro atoms. The van der Waals surface area contributed by atoms with E-state index in [-0.39, 0.29) is 5.91 Å². The average Bonchev–Trinajstić information content (AvgIpc) is 3.18. The third-order valence-corrected chi connectivity index (χ3v) is 4.87. The fourth-order valence-electron chi connectivity index (χ4n) is 3.31. The van der Waals surface area contributed by atoms with Crippen molar-refractivity contribution in [2.45, 2.75) is 25.8 Å². The van der Waals surface area contributed by atoms with Crippen LogP contribution < -0.4 is 5.32 Å². The summed E-state index contributed by atoms with van der Waals surface area (Å²) in [5, 5.41) is 8.15. The van der Waals surface area contributed by atoms with Crippen molar-refractivity contribution in [2.24, 2.45) is 7.05 Å². The van der Waals surface area contributed by atoms with Gasteiger partial charge in [-0.25, -0.2) is 0 Å². The number of nitrogens with zero attached hydrogens (tertiary/aromatic N) is 3. The van der Waals surface area contributed by atoms with E-state index in [1.807, 2.05) is 30.3 Å². The molecule has 1 atom stereocenters. The van der Waals surface area contributed by atoms with Crippen molar-refractivity contribution in [1.82, 2.24) is 20.0 Å². The second kappa shape index (κ2) is 7.36. The minimum absolute atomic E-state index is 0.0822. The van der Waals surface area contributed by atoms with E-state index in [0.29, 0.717) is 23.3 Å². The van der Waals surface area contributed by atoms with Crippen LogP contribution in [0.15, 0.2) is 30.3 Å². The topological polar surface area (TPSA) is 50.2 Å². The fourth-order valence-corrected chi connectivity index (χ4v) is 3.50. The monoisotopic (exact) mass is 346 g/mol. The molecule has 0 saturated carbocycles. The van der Waals surface area contributed by atoms with E-state index < -0.39 is 0 Å². The first-order valence-corrected chi connectivity index (χ1v) is 8.78. The zero-order valence-corrected chi connectivity index (χ0v) is 14.9. The molecule has 24 heavy (non-hydrogen) atoms. The first kappa shape index (κ1) is 17.0. The summed E-state index contributed by atoms with van der Waals surface area (Å²) in [6.45, 7) is 5.01. The van der Waals surface area contributed by atoms with Crippen LogP contribution in [-0.2, 0) is 7.05 Å². The number of amides is 1. The molecule has 5 nitrogen and oxygen atoms in total. The van der Waals surface area contributed by atoms with E-state index in [1.165, 1.54) is 6.42 Å². The van der Waals surface area contributed by atoms with Gasteiger partial charge in [0.2, 0.25) is 0 Å². The number of hydrogen-bond donors (Lipinski definition) is 1. The van der Waals surface area contributed by atoms with Crippen LogP contribution >= 0.6 is 11.6 Å². The van der Waals surface area contributed by atoms with Gasteiger partial charge in [-0.1, -0.05) is 30.7 Å². The van der Waals surface area contributed by atoms with Crippen LogP contribution in [0.4, 0.5) is 0 Å². The highest BCUT2D eigenvalue weighted by atomic mass is 35.5. The zero-order chi connectivity index (χ0) is 17.1. The van der Waals surface area contributed by atoms with E-state index in [4.69, 9.17) is 11.6 Å². The van der Waals surface area contributed by atoms with Crippen LogP contribution in [0.1, 0.15) is 30.3 Å². The van der Waals surface area contributed by atoms with Crippen molar-refractivity contribution in [3.63, 3.8) is 0 Å². The Morgan fingerprint density at radius 2 is 2.25 bits per heavy atom. The highest BCUT2D eigenvalue weighted by Gasteiger charge is 2.24. The molecule has 0 unspecified atom stereocenters. The minimum atomic E-state index is -0.0822. The predicted octanol–water partition coefficient (Wildman–Crippen LogP) is 2.95. The van der Waals surface area contributed by atoms with Crippen molar-refractivity contribution < 1.29 is 4.79 Å². The Kier molecular flexibility index (Phi) is 5.21. The number of rotatable bonds is 5. The molecule has 1 aliphatic heterocycles. The Morgan fingerprint density at radius 1 is 1.42 bits per heavy atom. The molecule has 0 bridgehead atoms. The highest BCUT2D eigenvalue weighted by molar-refractivity contribution is 6.30. The van der Waals surface area contributed by atoms with Crippen LogP contribution in [0, 0.1) is 0 Å². The van der Waals surface area contributed by atoms with Gasteiger partial charge in [-0.15, -0.1) is 0 Å². The Hall–Kier alpha value is -1.85. The molecule has 1 aliphatic rings. The minimum Gasteiger partial charge on any atom is -0.349 e. The number of aromatic nitrogens is 2. The van der Waals surface area contributed by atoms with Gasteiger partial charge in [-0.3, -0.25) is 14.4 Å². The normalized spacial score (nSPS) is 18.0. The molecule has 128 valence electrons. The lowest BCUT2D eigenvalue weighted by Crippen LogP contribution is -2.40. The molecule has 3 rings (SSSR count). The molecule has 2 aromatic rings. The molecule has 1 aromatic heterocycles. The summed E-state index contributed by atoms with van der Waals surface area (Å²) in [7, 11) is 1.79. The van der Waals surface area contributed by atoms with E-state index >= 15 is 0 Å². The third kappa shape index (κ3) is 3.62. The van der Waals surface area contributed by atoms with Crippen LogP contribution in [0.25, 0.3) is 11.3 Å². The summed E-state index contributed by atoms with van der Waals surface area (Å²) in [6, 6.07) is 9.75.